The van der Waals surface area contributed by atoms with Gasteiger partial charge in [-0.3, -0.25) is 14.4 Å². The molecule has 7 heteroatoms. The number of nitrogens with zero attached hydrogens (tertiary/aromatic N) is 1. The van der Waals surface area contributed by atoms with E-state index >= 15 is 0 Å². The van der Waals surface area contributed by atoms with Crippen LogP contribution in [0, 0.1) is 11.8 Å². The smallest absolute Gasteiger partial charge is 0.308 e. The molecule has 1 aromatic heterocycles. The van der Waals surface area contributed by atoms with Crippen molar-refractivity contribution in [3.05, 3.63) is 52.2 Å². The molecule has 2 amide bonds. The SMILES string of the molecule is C[C@@H]1CN(C(=O)c2ccccc2NC(=O)c2ccsc2)C[C@H]1C(=O)O. The van der Waals surface area contributed by atoms with Crippen LogP contribution in [0.1, 0.15) is 27.6 Å². The van der Waals surface area contributed by atoms with Gasteiger partial charge in [-0.05, 0) is 29.5 Å². The van der Waals surface area contributed by atoms with E-state index in [0.717, 1.165) is 0 Å². The van der Waals surface area contributed by atoms with E-state index < -0.39 is 11.9 Å². The van der Waals surface area contributed by atoms with Crippen LogP contribution >= 0.6 is 11.3 Å². The minimum absolute atomic E-state index is 0.103. The summed E-state index contributed by atoms with van der Waals surface area (Å²) in [6, 6.07) is 8.49. The number of carbonyl (C=O) groups is 3. The molecule has 2 N–H and O–H groups in total. The fraction of sp³-hybridized carbons (Fsp3) is 0.278. The topological polar surface area (TPSA) is 86.7 Å². The van der Waals surface area contributed by atoms with Gasteiger partial charge in [0.15, 0.2) is 0 Å². The summed E-state index contributed by atoms with van der Waals surface area (Å²) in [5, 5.41) is 15.6. The molecule has 130 valence electrons. The highest BCUT2D eigenvalue weighted by atomic mass is 32.1. The summed E-state index contributed by atoms with van der Waals surface area (Å²) in [5.41, 5.74) is 1.33. The molecular weight excluding hydrogens is 340 g/mol. The molecule has 1 aliphatic rings. The Morgan fingerprint density at radius 2 is 1.96 bits per heavy atom. The standard InChI is InChI=1S/C18H18N2O4S/c1-11-8-20(9-14(11)18(23)24)17(22)13-4-2-3-5-15(13)19-16(21)12-6-7-25-10-12/h2-7,10-11,14H,8-9H2,1H3,(H,19,21)(H,23,24)/t11-,14-/m1/s1. The fourth-order valence-corrected chi connectivity index (χ4v) is 3.63. The maximum atomic E-state index is 12.8. The van der Waals surface area contributed by atoms with Crippen LogP contribution in [0.5, 0.6) is 0 Å². The zero-order valence-corrected chi connectivity index (χ0v) is 14.5. The van der Waals surface area contributed by atoms with Gasteiger partial charge in [-0.2, -0.15) is 11.3 Å². The molecule has 0 spiro atoms. The Kier molecular flexibility index (Phi) is 4.85. The van der Waals surface area contributed by atoms with Gasteiger partial charge in [-0.1, -0.05) is 19.1 Å². The van der Waals surface area contributed by atoms with E-state index in [-0.39, 0.29) is 24.3 Å². The molecular formula is C18H18N2O4S. The number of nitrogens with one attached hydrogen (secondary N) is 1. The van der Waals surface area contributed by atoms with Crippen LogP contribution in [0.25, 0.3) is 0 Å². The number of carboxylic acids is 1. The molecule has 0 unspecified atom stereocenters. The summed E-state index contributed by atoms with van der Waals surface area (Å²) in [6.45, 7) is 2.40. The highest BCUT2D eigenvalue weighted by Gasteiger charge is 2.37. The second-order valence-electron chi connectivity index (χ2n) is 6.14. The molecule has 2 atom stereocenters. The molecule has 1 aliphatic heterocycles. The lowest BCUT2D eigenvalue weighted by Gasteiger charge is -2.18. The number of carboxylic acid groups (broad SMARTS) is 1. The van der Waals surface area contributed by atoms with Crippen molar-refractivity contribution < 1.29 is 19.5 Å². The van der Waals surface area contributed by atoms with E-state index in [2.05, 4.69) is 5.32 Å². The van der Waals surface area contributed by atoms with Crippen molar-refractivity contribution in [1.29, 1.82) is 0 Å². The summed E-state index contributed by atoms with van der Waals surface area (Å²) in [7, 11) is 0. The van der Waals surface area contributed by atoms with Crippen LogP contribution in [0.2, 0.25) is 0 Å². The summed E-state index contributed by atoms with van der Waals surface area (Å²) in [5.74, 6) is -2.09. The molecule has 3 rings (SSSR count). The Balaban J connectivity index is 1.80. The molecule has 1 fully saturated rings. The van der Waals surface area contributed by atoms with E-state index in [0.29, 0.717) is 23.4 Å². The average molecular weight is 358 g/mol. The minimum atomic E-state index is -0.887. The van der Waals surface area contributed by atoms with Crippen molar-refractivity contribution in [2.75, 3.05) is 18.4 Å². The summed E-state index contributed by atoms with van der Waals surface area (Å²) in [6.07, 6.45) is 0. The highest BCUT2D eigenvalue weighted by molar-refractivity contribution is 7.08. The summed E-state index contributed by atoms with van der Waals surface area (Å²) in [4.78, 5) is 37.9. The molecule has 1 saturated heterocycles. The van der Waals surface area contributed by atoms with Gasteiger partial charge >= 0.3 is 5.97 Å². The van der Waals surface area contributed by atoms with E-state index in [1.807, 2.05) is 12.3 Å². The first kappa shape index (κ1) is 17.2. The van der Waals surface area contributed by atoms with Gasteiger partial charge in [-0.15, -0.1) is 0 Å². The Hall–Kier alpha value is -2.67. The number of thiophene rings is 1. The minimum Gasteiger partial charge on any atom is -0.481 e. The molecule has 25 heavy (non-hydrogen) atoms. The van der Waals surface area contributed by atoms with Crippen LogP contribution in [0.15, 0.2) is 41.1 Å². The molecule has 2 aromatic rings. The first-order valence-electron chi connectivity index (χ1n) is 7.92. The predicted octanol–water partition coefficient (Wildman–Crippen LogP) is 2.79. The van der Waals surface area contributed by atoms with Gasteiger partial charge in [-0.25, -0.2) is 0 Å². The second kappa shape index (κ2) is 7.06. The van der Waals surface area contributed by atoms with Crippen LogP contribution in [-0.4, -0.2) is 40.9 Å². The van der Waals surface area contributed by atoms with E-state index in [4.69, 9.17) is 0 Å². The number of carbonyl (C=O) groups excluding carboxylic acids is 2. The van der Waals surface area contributed by atoms with E-state index in [1.54, 1.807) is 40.6 Å². The van der Waals surface area contributed by atoms with E-state index in [1.165, 1.54) is 11.3 Å². The maximum absolute atomic E-state index is 12.8. The number of anilines is 1. The number of hydrogen-bond acceptors (Lipinski definition) is 4. The number of amides is 2. The van der Waals surface area contributed by atoms with Gasteiger partial charge in [0.25, 0.3) is 11.8 Å². The lowest BCUT2D eigenvalue weighted by atomic mass is 9.99. The van der Waals surface area contributed by atoms with Crippen molar-refractivity contribution in [1.82, 2.24) is 4.90 Å². The number of benzene rings is 1. The number of para-hydroxylation sites is 1. The molecule has 0 bridgehead atoms. The van der Waals surface area contributed by atoms with Crippen molar-refractivity contribution in [2.45, 2.75) is 6.92 Å². The number of rotatable bonds is 4. The van der Waals surface area contributed by atoms with Crippen LogP contribution in [0.4, 0.5) is 5.69 Å². The Labute approximate surface area is 149 Å². The maximum Gasteiger partial charge on any atom is 0.308 e. The summed E-state index contributed by atoms with van der Waals surface area (Å²) < 4.78 is 0. The van der Waals surface area contributed by atoms with Crippen LogP contribution in [0.3, 0.4) is 0 Å². The molecule has 2 heterocycles. The van der Waals surface area contributed by atoms with Crippen LogP contribution in [-0.2, 0) is 4.79 Å². The second-order valence-corrected chi connectivity index (χ2v) is 6.92. The first-order valence-corrected chi connectivity index (χ1v) is 8.86. The van der Waals surface area contributed by atoms with Gasteiger partial charge in [0.05, 0.1) is 22.7 Å². The van der Waals surface area contributed by atoms with E-state index in [9.17, 15) is 19.5 Å². The molecule has 0 aliphatic carbocycles. The highest BCUT2D eigenvalue weighted by Crippen LogP contribution is 2.27. The van der Waals surface area contributed by atoms with Gasteiger partial charge in [0.2, 0.25) is 0 Å². The zero-order chi connectivity index (χ0) is 18.0. The van der Waals surface area contributed by atoms with Crippen LogP contribution < -0.4 is 5.32 Å². The Bertz CT molecular complexity index is 803. The monoisotopic (exact) mass is 358 g/mol. The third-order valence-corrected chi connectivity index (χ3v) is 5.09. The number of hydrogen-bond donors (Lipinski definition) is 2. The molecule has 6 nitrogen and oxygen atoms in total. The van der Waals surface area contributed by atoms with Crippen molar-refractivity contribution in [2.24, 2.45) is 11.8 Å². The predicted molar refractivity (Wildman–Crippen MR) is 94.9 cm³/mol. The first-order chi connectivity index (χ1) is 12.0. The normalized spacial score (nSPS) is 19.6. The largest absolute Gasteiger partial charge is 0.481 e. The fourth-order valence-electron chi connectivity index (χ4n) is 2.99. The van der Waals surface area contributed by atoms with Gasteiger partial charge in [0, 0.05) is 18.5 Å². The van der Waals surface area contributed by atoms with Gasteiger partial charge in [0.1, 0.15) is 0 Å². The number of aliphatic carboxylic acids is 1. The quantitative estimate of drug-likeness (QED) is 0.880. The zero-order valence-electron chi connectivity index (χ0n) is 13.6. The summed E-state index contributed by atoms with van der Waals surface area (Å²) >= 11 is 1.42. The van der Waals surface area contributed by atoms with Crippen molar-refractivity contribution >= 4 is 34.8 Å². The molecule has 0 saturated carbocycles. The molecule has 1 aromatic carbocycles. The third kappa shape index (κ3) is 3.56. The van der Waals surface area contributed by atoms with Gasteiger partial charge < -0.3 is 15.3 Å². The Morgan fingerprint density at radius 1 is 1.20 bits per heavy atom. The van der Waals surface area contributed by atoms with Crippen molar-refractivity contribution in [3.8, 4) is 0 Å². The molecule has 0 radical (unpaired) electrons. The lowest BCUT2D eigenvalue weighted by molar-refractivity contribution is -0.142. The lowest BCUT2D eigenvalue weighted by Crippen LogP contribution is -2.30. The number of likely N-dealkylation sites (tertiary alicyclic amines) is 1. The third-order valence-electron chi connectivity index (χ3n) is 4.41. The average Bonchev–Trinajstić information content (AvgIpc) is 3.24. The Morgan fingerprint density at radius 3 is 2.60 bits per heavy atom. The van der Waals surface area contributed by atoms with Crippen molar-refractivity contribution in [3.63, 3.8) is 0 Å².